The molecule has 0 aromatic heterocycles. The Morgan fingerprint density at radius 3 is 2.43 bits per heavy atom. The highest BCUT2D eigenvalue weighted by Crippen LogP contribution is 2.16. The van der Waals surface area contributed by atoms with E-state index < -0.39 is 0 Å². The Balaban J connectivity index is 2.25. The maximum Gasteiger partial charge on any atom is 0.143 e. The molecule has 74 valence electrons. The van der Waals surface area contributed by atoms with Gasteiger partial charge < -0.3 is 0 Å². The van der Waals surface area contributed by atoms with Crippen LogP contribution in [0.1, 0.15) is 6.92 Å². The maximum absolute atomic E-state index is 12.7. The van der Waals surface area contributed by atoms with Gasteiger partial charge in [-0.05, 0) is 31.2 Å². The fourth-order valence-electron chi connectivity index (χ4n) is 1.34. The van der Waals surface area contributed by atoms with Crippen LogP contribution in [0.4, 0.5) is 10.1 Å². The molecule has 0 atom stereocenters. The SMILES string of the molecule is CC1=NN(C)NN1c1ccc(F)cc1. The van der Waals surface area contributed by atoms with Crippen molar-refractivity contribution in [2.24, 2.45) is 5.10 Å². The molecular formula is C9H11FN4. The molecule has 14 heavy (non-hydrogen) atoms. The first kappa shape index (κ1) is 8.96. The zero-order chi connectivity index (χ0) is 10.1. The normalized spacial score (nSPS) is 16.1. The van der Waals surface area contributed by atoms with Crippen LogP contribution in [0.25, 0.3) is 0 Å². The molecule has 1 aliphatic rings. The first-order chi connectivity index (χ1) is 6.66. The molecule has 2 rings (SSSR count). The Bertz CT molecular complexity index is 360. The van der Waals surface area contributed by atoms with Gasteiger partial charge in [-0.2, -0.15) is 0 Å². The van der Waals surface area contributed by atoms with Gasteiger partial charge in [-0.25, -0.2) is 14.5 Å². The number of nitrogens with zero attached hydrogens (tertiary/aromatic N) is 3. The average molecular weight is 194 g/mol. The number of halogens is 1. The number of hydrazine groups is 2. The van der Waals surface area contributed by atoms with Crippen molar-refractivity contribution in [3.05, 3.63) is 30.1 Å². The van der Waals surface area contributed by atoms with E-state index >= 15 is 0 Å². The zero-order valence-corrected chi connectivity index (χ0v) is 8.03. The average Bonchev–Trinajstić information content (AvgIpc) is 2.47. The number of amidine groups is 1. The molecule has 1 N–H and O–H groups in total. The van der Waals surface area contributed by atoms with Gasteiger partial charge in [0.05, 0.1) is 5.69 Å². The summed E-state index contributed by atoms with van der Waals surface area (Å²) >= 11 is 0. The lowest BCUT2D eigenvalue weighted by Gasteiger charge is -2.18. The summed E-state index contributed by atoms with van der Waals surface area (Å²) in [5.41, 5.74) is 3.84. The second kappa shape index (κ2) is 3.26. The number of rotatable bonds is 1. The van der Waals surface area contributed by atoms with Crippen LogP contribution in [-0.2, 0) is 0 Å². The standard InChI is InChI=1S/C9H11FN4/c1-7-11-13(2)12-14(7)9-5-3-8(10)4-6-9/h3-6,12H,1-2H3. The highest BCUT2D eigenvalue weighted by molar-refractivity contribution is 5.95. The molecule has 0 fully saturated rings. The van der Waals surface area contributed by atoms with Gasteiger partial charge in [0.25, 0.3) is 0 Å². The van der Waals surface area contributed by atoms with Crippen molar-refractivity contribution in [2.75, 3.05) is 12.1 Å². The Kier molecular flexibility index (Phi) is 2.09. The second-order valence-corrected chi connectivity index (χ2v) is 3.08. The first-order valence-electron chi connectivity index (χ1n) is 4.28. The molecule has 0 saturated heterocycles. The highest BCUT2D eigenvalue weighted by atomic mass is 19.1. The lowest BCUT2D eigenvalue weighted by atomic mass is 10.3. The minimum atomic E-state index is -0.240. The van der Waals surface area contributed by atoms with Crippen LogP contribution in [0.15, 0.2) is 29.4 Å². The molecule has 1 aromatic carbocycles. The Labute approximate surface area is 81.6 Å². The summed E-state index contributed by atoms with van der Waals surface area (Å²) in [6.07, 6.45) is 0. The summed E-state index contributed by atoms with van der Waals surface area (Å²) < 4.78 is 12.7. The summed E-state index contributed by atoms with van der Waals surface area (Å²) in [5.74, 6) is 0.579. The Morgan fingerprint density at radius 2 is 1.93 bits per heavy atom. The van der Waals surface area contributed by atoms with Gasteiger partial charge in [0.15, 0.2) is 0 Å². The quantitative estimate of drug-likeness (QED) is 0.731. The van der Waals surface area contributed by atoms with Gasteiger partial charge in [-0.1, -0.05) is 0 Å². The van der Waals surface area contributed by atoms with Gasteiger partial charge in [-0.15, -0.1) is 10.6 Å². The molecule has 0 radical (unpaired) electrons. The van der Waals surface area contributed by atoms with E-state index in [2.05, 4.69) is 10.6 Å². The van der Waals surface area contributed by atoms with Crippen molar-refractivity contribution in [1.29, 1.82) is 0 Å². The molecule has 0 spiro atoms. The summed E-state index contributed by atoms with van der Waals surface area (Å²) in [6, 6.07) is 6.23. The van der Waals surface area contributed by atoms with E-state index in [9.17, 15) is 4.39 Å². The van der Waals surface area contributed by atoms with Crippen LogP contribution in [0.2, 0.25) is 0 Å². The van der Waals surface area contributed by atoms with Crippen LogP contribution in [-0.4, -0.2) is 18.0 Å². The fraction of sp³-hybridized carbons (Fsp3) is 0.222. The highest BCUT2D eigenvalue weighted by Gasteiger charge is 2.17. The van der Waals surface area contributed by atoms with Crippen molar-refractivity contribution in [2.45, 2.75) is 6.92 Å². The minimum absolute atomic E-state index is 0.240. The molecule has 0 aliphatic carbocycles. The first-order valence-corrected chi connectivity index (χ1v) is 4.28. The topological polar surface area (TPSA) is 30.9 Å². The van der Waals surface area contributed by atoms with Crippen molar-refractivity contribution < 1.29 is 4.39 Å². The lowest BCUT2D eigenvalue weighted by molar-refractivity contribution is 0.280. The van der Waals surface area contributed by atoms with E-state index in [-0.39, 0.29) is 5.82 Å². The van der Waals surface area contributed by atoms with Gasteiger partial charge >= 0.3 is 0 Å². The largest absolute Gasteiger partial charge is 0.242 e. The predicted molar refractivity (Wildman–Crippen MR) is 52.9 cm³/mol. The van der Waals surface area contributed by atoms with E-state index in [1.807, 2.05) is 6.92 Å². The number of hydrazone groups is 1. The second-order valence-electron chi connectivity index (χ2n) is 3.08. The lowest BCUT2D eigenvalue weighted by Crippen LogP contribution is -2.40. The third-order valence-corrected chi connectivity index (χ3v) is 1.95. The smallest absolute Gasteiger partial charge is 0.143 e. The number of hydrogen-bond donors (Lipinski definition) is 1. The van der Waals surface area contributed by atoms with Crippen LogP contribution >= 0.6 is 0 Å². The minimum Gasteiger partial charge on any atom is -0.242 e. The van der Waals surface area contributed by atoms with Gasteiger partial charge in [0.1, 0.15) is 11.7 Å². The third kappa shape index (κ3) is 1.54. The Hall–Kier alpha value is -1.62. The van der Waals surface area contributed by atoms with Crippen LogP contribution in [0, 0.1) is 5.82 Å². The van der Waals surface area contributed by atoms with Crippen molar-refractivity contribution in [3.63, 3.8) is 0 Å². The monoisotopic (exact) mass is 194 g/mol. The van der Waals surface area contributed by atoms with Crippen LogP contribution < -0.4 is 10.5 Å². The number of nitrogens with one attached hydrogen (secondary N) is 1. The Morgan fingerprint density at radius 1 is 1.29 bits per heavy atom. The van der Waals surface area contributed by atoms with Crippen molar-refractivity contribution in [3.8, 4) is 0 Å². The molecule has 1 aliphatic heterocycles. The van der Waals surface area contributed by atoms with E-state index in [0.29, 0.717) is 0 Å². The zero-order valence-electron chi connectivity index (χ0n) is 8.03. The summed E-state index contributed by atoms with van der Waals surface area (Å²) in [6.45, 7) is 1.87. The molecule has 5 heteroatoms. The molecule has 0 bridgehead atoms. The fourth-order valence-corrected chi connectivity index (χ4v) is 1.34. The predicted octanol–water partition coefficient (Wildman–Crippen LogP) is 1.33. The number of anilines is 1. The van der Waals surface area contributed by atoms with E-state index in [4.69, 9.17) is 0 Å². The molecule has 1 heterocycles. The summed E-state index contributed by atoms with van der Waals surface area (Å²) in [4.78, 5) is 0. The van der Waals surface area contributed by atoms with Crippen molar-refractivity contribution in [1.82, 2.24) is 10.7 Å². The van der Waals surface area contributed by atoms with Gasteiger partial charge in [0.2, 0.25) is 0 Å². The van der Waals surface area contributed by atoms with Crippen molar-refractivity contribution >= 4 is 11.5 Å². The molecule has 4 nitrogen and oxygen atoms in total. The summed E-state index contributed by atoms with van der Waals surface area (Å²) in [7, 11) is 1.80. The number of benzene rings is 1. The molecular weight excluding hydrogens is 183 g/mol. The van der Waals surface area contributed by atoms with Crippen LogP contribution in [0.3, 0.4) is 0 Å². The van der Waals surface area contributed by atoms with E-state index in [0.717, 1.165) is 11.5 Å². The summed E-state index contributed by atoms with van der Waals surface area (Å²) in [5, 5.41) is 7.51. The van der Waals surface area contributed by atoms with Gasteiger partial charge in [0, 0.05) is 7.05 Å². The van der Waals surface area contributed by atoms with E-state index in [1.165, 1.54) is 12.1 Å². The molecule has 0 amide bonds. The number of hydrogen-bond acceptors (Lipinski definition) is 4. The molecule has 0 unspecified atom stereocenters. The van der Waals surface area contributed by atoms with Gasteiger partial charge in [-0.3, -0.25) is 0 Å². The maximum atomic E-state index is 12.7. The third-order valence-electron chi connectivity index (χ3n) is 1.95. The van der Waals surface area contributed by atoms with Crippen LogP contribution in [0.5, 0.6) is 0 Å². The molecule has 0 saturated carbocycles. The van der Waals surface area contributed by atoms with E-state index in [1.54, 1.807) is 29.3 Å². The molecule has 1 aromatic rings.